The Kier molecular flexibility index (Phi) is 5.14. The van der Waals surface area contributed by atoms with Crippen LogP contribution in [0.3, 0.4) is 0 Å². The predicted octanol–water partition coefficient (Wildman–Crippen LogP) is 4.39. The number of hydrogen-bond acceptors (Lipinski definition) is 5. The number of halogens is 1. The molecule has 4 rings (SSSR count). The summed E-state index contributed by atoms with van der Waals surface area (Å²) in [6.45, 7) is 1.59. The van der Waals surface area contributed by atoms with Gasteiger partial charge in [0.15, 0.2) is 0 Å². The maximum atomic E-state index is 13.1. The van der Waals surface area contributed by atoms with Crippen molar-refractivity contribution in [2.45, 2.75) is 12.8 Å². The van der Waals surface area contributed by atoms with Crippen LogP contribution < -0.4 is 10.1 Å². The molecule has 3 heterocycles. The van der Waals surface area contributed by atoms with Crippen molar-refractivity contribution in [2.75, 3.05) is 18.4 Å². The summed E-state index contributed by atoms with van der Waals surface area (Å²) in [7, 11) is 0. The van der Waals surface area contributed by atoms with Crippen LogP contribution in [-0.2, 0) is 0 Å². The molecule has 3 aromatic rings. The Balaban J connectivity index is 1.53. The van der Waals surface area contributed by atoms with Gasteiger partial charge in [0, 0.05) is 31.0 Å². The molecule has 0 aliphatic carbocycles. The van der Waals surface area contributed by atoms with E-state index in [1.54, 1.807) is 36.7 Å². The van der Waals surface area contributed by atoms with E-state index in [2.05, 4.69) is 15.3 Å². The molecule has 0 radical (unpaired) electrons. The van der Waals surface area contributed by atoms with Crippen LogP contribution in [0.5, 0.6) is 11.6 Å². The number of rotatable bonds is 5. The fraction of sp³-hybridized carbons (Fsp3) is 0.190. The van der Waals surface area contributed by atoms with Crippen molar-refractivity contribution >= 4 is 17.4 Å². The molecule has 1 aliphatic heterocycles. The fourth-order valence-electron chi connectivity index (χ4n) is 3.05. The smallest absolute Gasteiger partial charge is 0.254 e. The lowest BCUT2D eigenvalue weighted by molar-refractivity contribution is 0.0792. The lowest BCUT2D eigenvalue weighted by atomic mass is 10.2. The van der Waals surface area contributed by atoms with Crippen molar-refractivity contribution in [2.24, 2.45) is 0 Å². The van der Waals surface area contributed by atoms with E-state index in [4.69, 9.17) is 4.74 Å². The maximum Gasteiger partial charge on any atom is 0.254 e. The second kappa shape index (κ2) is 8.04. The highest BCUT2D eigenvalue weighted by atomic mass is 19.1. The van der Waals surface area contributed by atoms with E-state index in [-0.39, 0.29) is 11.7 Å². The minimum absolute atomic E-state index is 0.0110. The van der Waals surface area contributed by atoms with Crippen molar-refractivity contribution in [3.63, 3.8) is 0 Å². The monoisotopic (exact) mass is 378 g/mol. The zero-order chi connectivity index (χ0) is 19.3. The molecule has 6 nitrogen and oxygen atoms in total. The Bertz CT molecular complexity index is 972. The van der Waals surface area contributed by atoms with E-state index >= 15 is 0 Å². The minimum atomic E-state index is -0.338. The van der Waals surface area contributed by atoms with Crippen LogP contribution >= 0.6 is 0 Å². The van der Waals surface area contributed by atoms with E-state index in [0.717, 1.165) is 25.9 Å². The highest BCUT2D eigenvalue weighted by Gasteiger charge is 2.20. The summed E-state index contributed by atoms with van der Waals surface area (Å²) < 4.78 is 18.8. The standard InChI is InChI=1S/C21H19FN4O2/c22-16-5-7-17(8-6-16)28-20-18(4-3-10-24-20)25-19-14-15(9-11-23-19)21(27)26-12-1-2-13-26/h3-11,14H,1-2,12-13H2,(H,23,25). The van der Waals surface area contributed by atoms with Crippen LogP contribution in [0.4, 0.5) is 15.9 Å². The largest absolute Gasteiger partial charge is 0.437 e. The number of anilines is 2. The number of nitrogens with zero attached hydrogens (tertiary/aromatic N) is 3. The summed E-state index contributed by atoms with van der Waals surface area (Å²) in [5.41, 5.74) is 1.18. The lowest BCUT2D eigenvalue weighted by Crippen LogP contribution is -2.27. The third-order valence-corrected chi connectivity index (χ3v) is 4.46. The highest BCUT2D eigenvalue weighted by Crippen LogP contribution is 2.29. The molecule has 28 heavy (non-hydrogen) atoms. The van der Waals surface area contributed by atoms with Gasteiger partial charge in [-0.15, -0.1) is 0 Å². The first-order valence-corrected chi connectivity index (χ1v) is 9.10. The highest BCUT2D eigenvalue weighted by molar-refractivity contribution is 5.95. The topological polar surface area (TPSA) is 67.3 Å². The molecule has 2 aromatic heterocycles. The Hall–Kier alpha value is -3.48. The Morgan fingerprint density at radius 2 is 1.82 bits per heavy atom. The quantitative estimate of drug-likeness (QED) is 0.713. The molecule has 0 saturated carbocycles. The van der Waals surface area contributed by atoms with Crippen molar-refractivity contribution in [1.82, 2.24) is 14.9 Å². The minimum Gasteiger partial charge on any atom is -0.437 e. The van der Waals surface area contributed by atoms with Gasteiger partial charge in [-0.1, -0.05) is 0 Å². The second-order valence-electron chi connectivity index (χ2n) is 6.47. The van der Waals surface area contributed by atoms with Crippen molar-refractivity contribution in [3.05, 3.63) is 72.3 Å². The third-order valence-electron chi connectivity index (χ3n) is 4.46. The summed E-state index contributed by atoms with van der Waals surface area (Å²) in [6.07, 6.45) is 5.29. The van der Waals surface area contributed by atoms with Gasteiger partial charge >= 0.3 is 0 Å². The number of amides is 1. The SMILES string of the molecule is O=C(c1ccnc(Nc2cccnc2Oc2ccc(F)cc2)c1)N1CCCC1. The summed E-state index contributed by atoms with van der Waals surface area (Å²) in [6, 6.07) is 12.7. The molecule has 142 valence electrons. The molecular weight excluding hydrogens is 359 g/mol. The molecule has 1 N–H and O–H groups in total. The van der Waals surface area contributed by atoms with Gasteiger partial charge in [-0.05, 0) is 61.4 Å². The van der Waals surface area contributed by atoms with Crippen LogP contribution in [0, 0.1) is 5.82 Å². The molecule has 0 atom stereocenters. The van der Waals surface area contributed by atoms with Gasteiger partial charge in [0.2, 0.25) is 5.88 Å². The first-order chi connectivity index (χ1) is 13.7. The number of carbonyl (C=O) groups is 1. The molecule has 1 amide bonds. The van der Waals surface area contributed by atoms with E-state index in [1.165, 1.54) is 24.3 Å². The summed E-state index contributed by atoms with van der Waals surface area (Å²) in [5, 5.41) is 3.15. The average Bonchev–Trinajstić information content (AvgIpc) is 3.26. The fourth-order valence-corrected chi connectivity index (χ4v) is 3.05. The average molecular weight is 378 g/mol. The van der Waals surface area contributed by atoms with Crippen LogP contribution in [0.1, 0.15) is 23.2 Å². The lowest BCUT2D eigenvalue weighted by Gasteiger charge is -2.16. The first kappa shape index (κ1) is 17.9. The Labute approximate surface area is 162 Å². The van der Waals surface area contributed by atoms with Gasteiger partial charge < -0.3 is 15.0 Å². The Morgan fingerprint density at radius 1 is 1.04 bits per heavy atom. The number of hydrogen-bond donors (Lipinski definition) is 1. The second-order valence-corrected chi connectivity index (χ2v) is 6.47. The molecule has 1 saturated heterocycles. The van der Waals surface area contributed by atoms with Gasteiger partial charge in [-0.3, -0.25) is 4.79 Å². The van der Waals surface area contributed by atoms with Gasteiger partial charge in [-0.25, -0.2) is 14.4 Å². The van der Waals surface area contributed by atoms with E-state index in [1.807, 2.05) is 4.90 Å². The number of benzene rings is 1. The molecule has 0 unspecified atom stereocenters. The number of aromatic nitrogens is 2. The van der Waals surface area contributed by atoms with E-state index in [0.29, 0.717) is 28.7 Å². The zero-order valence-electron chi connectivity index (χ0n) is 15.1. The Morgan fingerprint density at radius 3 is 2.61 bits per heavy atom. The molecule has 0 spiro atoms. The van der Waals surface area contributed by atoms with Gasteiger partial charge in [0.1, 0.15) is 23.1 Å². The number of carbonyl (C=O) groups excluding carboxylic acids is 1. The van der Waals surface area contributed by atoms with Gasteiger partial charge in [0.05, 0.1) is 0 Å². The number of pyridine rings is 2. The van der Waals surface area contributed by atoms with Crippen LogP contribution in [-0.4, -0.2) is 33.9 Å². The third kappa shape index (κ3) is 4.09. The van der Waals surface area contributed by atoms with E-state index in [9.17, 15) is 9.18 Å². The molecule has 0 bridgehead atoms. The molecular formula is C21H19FN4O2. The predicted molar refractivity (Wildman–Crippen MR) is 103 cm³/mol. The van der Waals surface area contributed by atoms with E-state index < -0.39 is 0 Å². The van der Waals surface area contributed by atoms with Gasteiger partial charge in [0.25, 0.3) is 5.91 Å². The molecule has 1 aromatic carbocycles. The summed E-state index contributed by atoms with van der Waals surface area (Å²) in [5.74, 6) is 0.982. The van der Waals surface area contributed by atoms with Crippen molar-refractivity contribution < 1.29 is 13.9 Å². The summed E-state index contributed by atoms with van der Waals surface area (Å²) in [4.78, 5) is 23.0. The van der Waals surface area contributed by atoms with Crippen LogP contribution in [0.25, 0.3) is 0 Å². The molecule has 1 aliphatic rings. The number of likely N-dealkylation sites (tertiary alicyclic amines) is 1. The van der Waals surface area contributed by atoms with Gasteiger partial charge in [-0.2, -0.15) is 0 Å². The van der Waals surface area contributed by atoms with Crippen molar-refractivity contribution in [3.8, 4) is 11.6 Å². The van der Waals surface area contributed by atoms with Crippen LogP contribution in [0.2, 0.25) is 0 Å². The number of ether oxygens (including phenoxy) is 1. The first-order valence-electron chi connectivity index (χ1n) is 9.10. The zero-order valence-corrected chi connectivity index (χ0v) is 15.1. The molecule has 1 fully saturated rings. The maximum absolute atomic E-state index is 13.1. The normalized spacial score (nSPS) is 13.4. The number of nitrogens with one attached hydrogen (secondary N) is 1. The van der Waals surface area contributed by atoms with Crippen LogP contribution in [0.15, 0.2) is 60.9 Å². The molecule has 7 heteroatoms. The summed E-state index contributed by atoms with van der Waals surface area (Å²) >= 11 is 0. The van der Waals surface area contributed by atoms with Crippen molar-refractivity contribution in [1.29, 1.82) is 0 Å².